The summed E-state index contributed by atoms with van der Waals surface area (Å²) in [6, 6.07) is 6.96. The van der Waals surface area contributed by atoms with Crippen LogP contribution < -0.4 is 10.6 Å². The van der Waals surface area contributed by atoms with Crippen molar-refractivity contribution in [3.8, 4) is 0 Å². The van der Waals surface area contributed by atoms with Crippen LogP contribution in [0.25, 0.3) is 0 Å². The van der Waals surface area contributed by atoms with E-state index in [-0.39, 0.29) is 12.5 Å². The van der Waals surface area contributed by atoms with E-state index in [0.29, 0.717) is 6.54 Å². The van der Waals surface area contributed by atoms with Gasteiger partial charge in [0.1, 0.15) is 6.04 Å². The van der Waals surface area contributed by atoms with Gasteiger partial charge in [-0.15, -0.1) is 0 Å². The van der Waals surface area contributed by atoms with E-state index in [9.17, 15) is 4.79 Å². The van der Waals surface area contributed by atoms with Gasteiger partial charge in [-0.3, -0.25) is 4.79 Å². The van der Waals surface area contributed by atoms with E-state index in [0.717, 1.165) is 17.7 Å². The van der Waals surface area contributed by atoms with Crippen molar-refractivity contribution >= 4 is 11.6 Å². The molecule has 0 aromatic heterocycles. The highest BCUT2D eigenvalue weighted by molar-refractivity contribution is 5.98. The average molecular weight is 206 g/mol. The number of anilines is 1. The zero-order valence-corrected chi connectivity index (χ0v) is 8.39. The van der Waals surface area contributed by atoms with Crippen molar-refractivity contribution in [1.29, 1.82) is 0 Å². The van der Waals surface area contributed by atoms with Crippen LogP contribution in [0.2, 0.25) is 0 Å². The number of aliphatic hydroxyl groups is 1. The minimum absolute atomic E-state index is 0.206. The van der Waals surface area contributed by atoms with Gasteiger partial charge >= 0.3 is 0 Å². The lowest BCUT2D eigenvalue weighted by Gasteiger charge is -2.20. The van der Waals surface area contributed by atoms with E-state index in [1.54, 1.807) is 4.90 Å². The second-order valence-corrected chi connectivity index (χ2v) is 3.66. The molecule has 1 heterocycles. The van der Waals surface area contributed by atoms with E-state index in [1.165, 1.54) is 0 Å². The first-order valence-corrected chi connectivity index (χ1v) is 4.99. The highest BCUT2D eigenvalue weighted by Crippen LogP contribution is 2.27. The Balaban J connectivity index is 2.24. The van der Waals surface area contributed by atoms with Gasteiger partial charge in [-0.2, -0.15) is 0 Å². The predicted molar refractivity (Wildman–Crippen MR) is 57.6 cm³/mol. The Bertz CT molecular complexity index is 379. The number of aliphatic hydroxyl groups excluding tert-OH is 1. The maximum absolute atomic E-state index is 11.8. The predicted octanol–water partition coefficient (Wildman–Crippen LogP) is -0.105. The van der Waals surface area contributed by atoms with Crippen molar-refractivity contribution in [3.05, 3.63) is 29.8 Å². The highest BCUT2D eigenvalue weighted by Gasteiger charge is 2.27. The number of carbonyl (C=O) groups is 1. The van der Waals surface area contributed by atoms with Gasteiger partial charge < -0.3 is 15.7 Å². The van der Waals surface area contributed by atoms with Crippen LogP contribution in [0, 0.1) is 0 Å². The summed E-state index contributed by atoms with van der Waals surface area (Å²) in [6.07, 6.45) is 0.861. The molecule has 0 fully saturated rings. The molecule has 1 amide bonds. The molecule has 1 aliphatic heterocycles. The van der Waals surface area contributed by atoms with Gasteiger partial charge in [0.2, 0.25) is 5.91 Å². The van der Waals surface area contributed by atoms with Gasteiger partial charge in [-0.1, -0.05) is 18.2 Å². The molecule has 80 valence electrons. The second kappa shape index (κ2) is 4.00. The fourth-order valence-electron chi connectivity index (χ4n) is 1.85. The van der Waals surface area contributed by atoms with Crippen molar-refractivity contribution in [2.24, 2.45) is 5.73 Å². The van der Waals surface area contributed by atoms with Gasteiger partial charge in [-0.05, 0) is 18.1 Å². The molecule has 2 rings (SSSR count). The first-order chi connectivity index (χ1) is 7.24. The lowest BCUT2D eigenvalue weighted by molar-refractivity contribution is -0.120. The van der Waals surface area contributed by atoms with Gasteiger partial charge in [0.05, 0.1) is 6.61 Å². The Labute approximate surface area is 88.3 Å². The molecule has 1 aromatic rings. The van der Waals surface area contributed by atoms with Crippen LogP contribution in [-0.4, -0.2) is 30.2 Å². The first-order valence-electron chi connectivity index (χ1n) is 4.99. The van der Waals surface area contributed by atoms with Crippen LogP contribution in [0.5, 0.6) is 0 Å². The number of benzene rings is 1. The van der Waals surface area contributed by atoms with Gasteiger partial charge in [0, 0.05) is 12.2 Å². The van der Waals surface area contributed by atoms with Gasteiger partial charge in [0.25, 0.3) is 0 Å². The number of amides is 1. The molecular weight excluding hydrogens is 192 g/mol. The molecule has 15 heavy (non-hydrogen) atoms. The zero-order valence-electron chi connectivity index (χ0n) is 8.39. The first kappa shape index (κ1) is 10.1. The summed E-state index contributed by atoms with van der Waals surface area (Å²) in [5, 5.41) is 8.84. The van der Waals surface area contributed by atoms with E-state index in [2.05, 4.69) is 0 Å². The number of para-hydroxylation sites is 1. The average Bonchev–Trinajstić information content (AvgIpc) is 2.70. The lowest BCUT2D eigenvalue weighted by Crippen LogP contribution is -2.45. The molecule has 4 nitrogen and oxygen atoms in total. The Hall–Kier alpha value is -1.39. The summed E-state index contributed by atoms with van der Waals surface area (Å²) in [6.45, 7) is 0.351. The Morgan fingerprint density at radius 1 is 1.53 bits per heavy atom. The third kappa shape index (κ3) is 1.73. The van der Waals surface area contributed by atoms with E-state index in [1.807, 2.05) is 24.3 Å². The highest BCUT2D eigenvalue weighted by atomic mass is 16.3. The summed E-state index contributed by atoms with van der Waals surface area (Å²) in [5.41, 5.74) is 7.60. The summed E-state index contributed by atoms with van der Waals surface area (Å²) in [5.74, 6) is -0.206. The SMILES string of the molecule is NC(CO)C(=O)N1CCc2ccccc21. The Kier molecular flexibility index (Phi) is 2.70. The largest absolute Gasteiger partial charge is 0.394 e. The van der Waals surface area contributed by atoms with E-state index < -0.39 is 6.04 Å². The minimum atomic E-state index is -0.809. The number of rotatable bonds is 2. The van der Waals surface area contributed by atoms with Crippen LogP contribution >= 0.6 is 0 Å². The zero-order chi connectivity index (χ0) is 10.8. The van der Waals surface area contributed by atoms with Crippen molar-refractivity contribution < 1.29 is 9.90 Å². The maximum atomic E-state index is 11.8. The van der Waals surface area contributed by atoms with Crippen molar-refractivity contribution in [2.45, 2.75) is 12.5 Å². The molecule has 0 aliphatic carbocycles. The lowest BCUT2D eigenvalue weighted by atomic mass is 10.2. The summed E-state index contributed by atoms with van der Waals surface area (Å²) in [7, 11) is 0. The molecule has 3 N–H and O–H groups in total. The molecule has 4 heteroatoms. The van der Waals surface area contributed by atoms with Crippen molar-refractivity contribution in [3.63, 3.8) is 0 Å². The van der Waals surface area contributed by atoms with Gasteiger partial charge in [0.15, 0.2) is 0 Å². The van der Waals surface area contributed by atoms with Crippen LogP contribution in [0.4, 0.5) is 5.69 Å². The molecule has 1 aliphatic rings. The molecule has 1 aromatic carbocycles. The number of nitrogens with zero attached hydrogens (tertiary/aromatic N) is 1. The molecule has 0 saturated carbocycles. The summed E-state index contributed by atoms with van der Waals surface area (Å²) in [4.78, 5) is 13.4. The van der Waals surface area contributed by atoms with Crippen molar-refractivity contribution in [1.82, 2.24) is 0 Å². The van der Waals surface area contributed by atoms with Crippen molar-refractivity contribution in [2.75, 3.05) is 18.1 Å². The van der Waals surface area contributed by atoms with Crippen LogP contribution in [0.15, 0.2) is 24.3 Å². The Morgan fingerprint density at radius 2 is 2.27 bits per heavy atom. The fourth-order valence-corrected chi connectivity index (χ4v) is 1.85. The number of carbonyl (C=O) groups excluding carboxylic acids is 1. The van der Waals surface area contributed by atoms with Crippen LogP contribution in [-0.2, 0) is 11.2 Å². The number of fused-ring (bicyclic) bond motifs is 1. The molecule has 0 spiro atoms. The van der Waals surface area contributed by atoms with Crippen LogP contribution in [0.1, 0.15) is 5.56 Å². The second-order valence-electron chi connectivity index (χ2n) is 3.66. The standard InChI is InChI=1S/C11H14N2O2/c12-9(7-14)11(15)13-6-5-8-3-1-2-4-10(8)13/h1-4,9,14H,5-7,12H2. The summed E-state index contributed by atoms with van der Waals surface area (Å²) >= 11 is 0. The van der Waals surface area contributed by atoms with E-state index >= 15 is 0 Å². The molecule has 0 saturated heterocycles. The van der Waals surface area contributed by atoms with Crippen LogP contribution in [0.3, 0.4) is 0 Å². The van der Waals surface area contributed by atoms with Gasteiger partial charge in [-0.25, -0.2) is 0 Å². The smallest absolute Gasteiger partial charge is 0.246 e. The quantitative estimate of drug-likeness (QED) is 0.710. The topological polar surface area (TPSA) is 66.6 Å². The Morgan fingerprint density at radius 3 is 3.00 bits per heavy atom. The minimum Gasteiger partial charge on any atom is -0.394 e. The number of hydrogen-bond donors (Lipinski definition) is 2. The van der Waals surface area contributed by atoms with E-state index in [4.69, 9.17) is 10.8 Å². The third-order valence-corrected chi connectivity index (χ3v) is 2.67. The molecular formula is C11H14N2O2. The maximum Gasteiger partial charge on any atom is 0.246 e. The third-order valence-electron chi connectivity index (χ3n) is 2.67. The fraction of sp³-hybridized carbons (Fsp3) is 0.364. The monoisotopic (exact) mass is 206 g/mol. The molecule has 1 atom stereocenters. The normalized spacial score (nSPS) is 16.3. The number of hydrogen-bond acceptors (Lipinski definition) is 3. The summed E-state index contributed by atoms with van der Waals surface area (Å²) < 4.78 is 0. The molecule has 0 bridgehead atoms. The molecule has 1 unspecified atom stereocenters. The number of nitrogens with two attached hydrogens (primary N) is 1. The molecule has 0 radical (unpaired) electrons.